The predicted octanol–water partition coefficient (Wildman–Crippen LogP) is 3.66. The Morgan fingerprint density at radius 3 is 2.14 bits per heavy atom. The monoisotopic (exact) mass is 388 g/mol. The van der Waals surface area contributed by atoms with Crippen LogP contribution >= 0.6 is 0 Å². The molecule has 0 aliphatic rings. The van der Waals surface area contributed by atoms with E-state index in [4.69, 9.17) is 4.74 Å². The Labute approximate surface area is 170 Å². The zero-order valence-electron chi connectivity index (χ0n) is 16.3. The third-order valence-electron chi connectivity index (χ3n) is 4.40. The van der Waals surface area contributed by atoms with Gasteiger partial charge in [-0.15, -0.1) is 0 Å². The quantitative estimate of drug-likeness (QED) is 0.579. The highest BCUT2D eigenvalue weighted by Gasteiger charge is 2.22. The van der Waals surface area contributed by atoms with Crippen LogP contribution in [0.3, 0.4) is 0 Å². The average molecular weight is 388 g/mol. The summed E-state index contributed by atoms with van der Waals surface area (Å²) in [6, 6.07) is 25.0. The first kappa shape index (κ1) is 20.1. The summed E-state index contributed by atoms with van der Waals surface area (Å²) >= 11 is 0. The van der Waals surface area contributed by atoms with E-state index in [0.29, 0.717) is 24.3 Å². The van der Waals surface area contributed by atoms with Gasteiger partial charge in [-0.05, 0) is 36.8 Å². The molecule has 148 valence electrons. The van der Waals surface area contributed by atoms with E-state index in [2.05, 4.69) is 10.6 Å². The van der Waals surface area contributed by atoms with Crippen molar-refractivity contribution >= 4 is 11.8 Å². The van der Waals surface area contributed by atoms with Gasteiger partial charge in [0, 0.05) is 5.56 Å². The minimum Gasteiger partial charge on any atom is -0.492 e. The molecule has 0 aromatic heterocycles. The maximum Gasteiger partial charge on any atom is 0.252 e. The van der Waals surface area contributed by atoms with E-state index in [-0.39, 0.29) is 11.8 Å². The molecule has 5 heteroatoms. The van der Waals surface area contributed by atoms with Crippen LogP contribution in [0.1, 0.15) is 27.5 Å². The van der Waals surface area contributed by atoms with Gasteiger partial charge in [0.25, 0.3) is 5.91 Å². The molecule has 1 unspecified atom stereocenters. The average Bonchev–Trinajstić information content (AvgIpc) is 2.77. The van der Waals surface area contributed by atoms with Crippen LogP contribution < -0.4 is 15.4 Å². The summed E-state index contributed by atoms with van der Waals surface area (Å²) in [4.78, 5) is 25.3. The van der Waals surface area contributed by atoms with Gasteiger partial charge in [-0.1, -0.05) is 66.2 Å². The molecule has 0 bridgehead atoms. The van der Waals surface area contributed by atoms with Crippen LogP contribution in [0.2, 0.25) is 0 Å². The maximum absolute atomic E-state index is 12.8. The van der Waals surface area contributed by atoms with E-state index in [1.807, 2.05) is 67.6 Å². The van der Waals surface area contributed by atoms with Crippen LogP contribution in [0.5, 0.6) is 5.75 Å². The van der Waals surface area contributed by atoms with Gasteiger partial charge in [-0.3, -0.25) is 9.59 Å². The molecule has 3 aromatic rings. The van der Waals surface area contributed by atoms with Crippen LogP contribution in [0.25, 0.3) is 0 Å². The number of amides is 2. The van der Waals surface area contributed by atoms with E-state index in [1.165, 1.54) is 0 Å². The van der Waals surface area contributed by atoms with Crippen LogP contribution in [0, 0.1) is 6.92 Å². The van der Waals surface area contributed by atoms with Crippen molar-refractivity contribution in [2.75, 3.05) is 13.2 Å². The molecule has 2 N–H and O–H groups in total. The predicted molar refractivity (Wildman–Crippen MR) is 113 cm³/mol. The summed E-state index contributed by atoms with van der Waals surface area (Å²) in [7, 11) is 0. The molecule has 3 rings (SSSR count). The molecule has 0 saturated heterocycles. The SMILES string of the molecule is Cc1ccc(OCCNC(=O)C(NC(=O)c2ccccc2)c2ccccc2)cc1. The number of carbonyl (C=O) groups excluding carboxylic acids is 2. The first-order valence-electron chi connectivity index (χ1n) is 9.51. The highest BCUT2D eigenvalue weighted by molar-refractivity contribution is 5.97. The summed E-state index contributed by atoms with van der Waals surface area (Å²) in [6.07, 6.45) is 0. The van der Waals surface area contributed by atoms with Crippen molar-refractivity contribution in [3.05, 3.63) is 102 Å². The zero-order valence-corrected chi connectivity index (χ0v) is 16.3. The molecule has 0 heterocycles. The molecule has 0 saturated carbocycles. The van der Waals surface area contributed by atoms with Crippen molar-refractivity contribution < 1.29 is 14.3 Å². The number of hydrogen-bond donors (Lipinski definition) is 2. The number of carbonyl (C=O) groups is 2. The first-order chi connectivity index (χ1) is 14.1. The minimum atomic E-state index is -0.789. The lowest BCUT2D eigenvalue weighted by atomic mass is 10.1. The fourth-order valence-corrected chi connectivity index (χ4v) is 2.83. The molecule has 3 aromatic carbocycles. The number of ether oxygens (including phenoxy) is 1. The molecule has 0 radical (unpaired) electrons. The number of hydrogen-bond acceptors (Lipinski definition) is 3. The molecular weight excluding hydrogens is 364 g/mol. The Morgan fingerprint density at radius 2 is 1.48 bits per heavy atom. The lowest BCUT2D eigenvalue weighted by Crippen LogP contribution is -2.41. The fraction of sp³-hybridized carbons (Fsp3) is 0.167. The second-order valence-electron chi connectivity index (χ2n) is 6.64. The smallest absolute Gasteiger partial charge is 0.252 e. The Bertz CT molecular complexity index is 925. The molecule has 0 aliphatic carbocycles. The Hall–Kier alpha value is -3.60. The van der Waals surface area contributed by atoms with Crippen LogP contribution in [0.4, 0.5) is 0 Å². The second-order valence-corrected chi connectivity index (χ2v) is 6.64. The van der Waals surface area contributed by atoms with E-state index >= 15 is 0 Å². The fourth-order valence-electron chi connectivity index (χ4n) is 2.83. The van der Waals surface area contributed by atoms with E-state index < -0.39 is 6.04 Å². The Kier molecular flexibility index (Phi) is 7.00. The second kappa shape index (κ2) is 10.1. The van der Waals surface area contributed by atoms with Crippen molar-refractivity contribution in [1.82, 2.24) is 10.6 Å². The van der Waals surface area contributed by atoms with Crippen molar-refractivity contribution in [2.45, 2.75) is 13.0 Å². The highest BCUT2D eigenvalue weighted by Crippen LogP contribution is 2.14. The lowest BCUT2D eigenvalue weighted by Gasteiger charge is -2.19. The largest absolute Gasteiger partial charge is 0.492 e. The van der Waals surface area contributed by atoms with Crippen molar-refractivity contribution in [3.8, 4) is 5.75 Å². The normalized spacial score (nSPS) is 11.3. The molecule has 5 nitrogen and oxygen atoms in total. The summed E-state index contributed by atoms with van der Waals surface area (Å²) in [5.74, 6) is 0.167. The molecule has 2 amide bonds. The van der Waals surface area contributed by atoms with Crippen molar-refractivity contribution in [1.29, 1.82) is 0 Å². The number of benzene rings is 3. The van der Waals surface area contributed by atoms with E-state index in [0.717, 1.165) is 11.3 Å². The van der Waals surface area contributed by atoms with Gasteiger partial charge < -0.3 is 15.4 Å². The van der Waals surface area contributed by atoms with E-state index in [1.54, 1.807) is 24.3 Å². The van der Waals surface area contributed by atoms with Crippen LogP contribution in [-0.2, 0) is 4.79 Å². The van der Waals surface area contributed by atoms with Crippen molar-refractivity contribution in [2.24, 2.45) is 0 Å². The Balaban J connectivity index is 1.60. The van der Waals surface area contributed by atoms with E-state index in [9.17, 15) is 9.59 Å². The molecular formula is C24H24N2O3. The highest BCUT2D eigenvalue weighted by atomic mass is 16.5. The summed E-state index contributed by atoms with van der Waals surface area (Å²) in [5.41, 5.74) is 2.38. The third kappa shape index (κ3) is 5.94. The van der Waals surface area contributed by atoms with Gasteiger partial charge in [0.15, 0.2) is 0 Å². The van der Waals surface area contributed by atoms with Crippen LogP contribution in [-0.4, -0.2) is 25.0 Å². The number of rotatable bonds is 8. The standard InChI is InChI=1S/C24H24N2O3/c1-18-12-14-21(15-13-18)29-17-16-25-24(28)22(19-8-4-2-5-9-19)26-23(27)20-10-6-3-7-11-20/h2-15,22H,16-17H2,1H3,(H,25,28)(H,26,27). The molecule has 29 heavy (non-hydrogen) atoms. The first-order valence-corrected chi connectivity index (χ1v) is 9.51. The third-order valence-corrected chi connectivity index (χ3v) is 4.40. The minimum absolute atomic E-state index is 0.284. The molecule has 0 fully saturated rings. The van der Waals surface area contributed by atoms with Gasteiger partial charge in [0.1, 0.15) is 18.4 Å². The van der Waals surface area contributed by atoms with Crippen molar-refractivity contribution in [3.63, 3.8) is 0 Å². The van der Waals surface area contributed by atoms with Gasteiger partial charge in [-0.2, -0.15) is 0 Å². The van der Waals surface area contributed by atoms with Gasteiger partial charge in [0.05, 0.1) is 6.54 Å². The number of nitrogens with one attached hydrogen (secondary N) is 2. The van der Waals surface area contributed by atoms with Gasteiger partial charge in [0.2, 0.25) is 5.91 Å². The summed E-state index contributed by atoms with van der Waals surface area (Å²) in [5, 5.41) is 5.66. The van der Waals surface area contributed by atoms with Crippen LogP contribution in [0.15, 0.2) is 84.9 Å². The molecule has 0 aliphatic heterocycles. The molecule has 1 atom stereocenters. The number of aryl methyl sites for hydroxylation is 1. The van der Waals surface area contributed by atoms with Gasteiger partial charge in [-0.25, -0.2) is 0 Å². The maximum atomic E-state index is 12.8. The molecule has 0 spiro atoms. The summed E-state index contributed by atoms with van der Waals surface area (Å²) in [6.45, 7) is 2.68. The topological polar surface area (TPSA) is 67.4 Å². The van der Waals surface area contributed by atoms with Gasteiger partial charge >= 0.3 is 0 Å². The lowest BCUT2D eigenvalue weighted by molar-refractivity contribution is -0.123. The summed E-state index contributed by atoms with van der Waals surface area (Å²) < 4.78 is 5.65. The Morgan fingerprint density at radius 1 is 0.862 bits per heavy atom. The zero-order chi connectivity index (χ0) is 20.5.